The van der Waals surface area contributed by atoms with E-state index in [1.165, 1.54) is 12.3 Å². The Hall–Kier alpha value is -2.07. The van der Waals surface area contributed by atoms with Crippen LogP contribution in [0, 0.1) is 0 Å². The van der Waals surface area contributed by atoms with Crippen LogP contribution in [0.15, 0.2) is 41.0 Å². The van der Waals surface area contributed by atoms with E-state index >= 15 is 0 Å². The van der Waals surface area contributed by atoms with Crippen LogP contribution in [0.3, 0.4) is 0 Å². The Morgan fingerprint density at radius 3 is 2.89 bits per heavy atom. The van der Waals surface area contributed by atoms with E-state index in [1.807, 2.05) is 0 Å². The van der Waals surface area contributed by atoms with Crippen molar-refractivity contribution in [3.05, 3.63) is 52.9 Å². The SMILES string of the molecule is O=C1Nc2ccc(Cl)cc2C1C(=O)c1ccco1. The molecule has 0 spiro atoms. The van der Waals surface area contributed by atoms with Crippen LogP contribution in [0.4, 0.5) is 5.69 Å². The fraction of sp³-hybridized carbons (Fsp3) is 0.0769. The van der Waals surface area contributed by atoms with Crippen molar-refractivity contribution < 1.29 is 14.0 Å². The van der Waals surface area contributed by atoms with Gasteiger partial charge in [-0.15, -0.1) is 0 Å². The summed E-state index contributed by atoms with van der Waals surface area (Å²) in [6.07, 6.45) is 1.40. The molecule has 1 N–H and O–H groups in total. The van der Waals surface area contributed by atoms with Crippen LogP contribution in [0.1, 0.15) is 22.0 Å². The first-order valence-corrected chi connectivity index (χ1v) is 5.72. The summed E-state index contributed by atoms with van der Waals surface area (Å²) >= 11 is 5.89. The van der Waals surface area contributed by atoms with Crippen molar-refractivity contribution in [2.24, 2.45) is 0 Å². The zero-order valence-electron chi connectivity index (χ0n) is 9.14. The van der Waals surface area contributed by atoms with Gasteiger partial charge in [-0.25, -0.2) is 0 Å². The van der Waals surface area contributed by atoms with Crippen molar-refractivity contribution in [2.45, 2.75) is 5.92 Å². The molecule has 0 fully saturated rings. The summed E-state index contributed by atoms with van der Waals surface area (Å²) < 4.78 is 5.04. The number of furan rings is 1. The first kappa shape index (κ1) is 11.0. The summed E-state index contributed by atoms with van der Waals surface area (Å²) in [5.41, 5.74) is 1.21. The molecule has 0 saturated carbocycles. The maximum atomic E-state index is 12.2. The van der Waals surface area contributed by atoms with E-state index < -0.39 is 5.92 Å². The first-order chi connectivity index (χ1) is 8.66. The van der Waals surface area contributed by atoms with Gasteiger partial charge in [0.15, 0.2) is 5.76 Å². The Morgan fingerprint density at radius 2 is 2.17 bits per heavy atom. The molecule has 2 aromatic rings. The first-order valence-electron chi connectivity index (χ1n) is 5.35. The maximum Gasteiger partial charge on any atom is 0.240 e. The molecule has 1 unspecified atom stereocenters. The number of Topliss-reactive ketones (excluding diaryl/α,β-unsaturated/α-hetero) is 1. The fourth-order valence-corrected chi connectivity index (χ4v) is 2.23. The summed E-state index contributed by atoms with van der Waals surface area (Å²) in [4.78, 5) is 24.1. The normalized spacial score (nSPS) is 17.4. The minimum atomic E-state index is -0.884. The lowest BCUT2D eigenvalue weighted by Crippen LogP contribution is -2.20. The van der Waals surface area contributed by atoms with Crippen LogP contribution in [-0.4, -0.2) is 11.7 Å². The molecule has 18 heavy (non-hydrogen) atoms. The predicted molar refractivity (Wildman–Crippen MR) is 65.9 cm³/mol. The quantitative estimate of drug-likeness (QED) is 0.668. The molecule has 1 atom stereocenters. The van der Waals surface area contributed by atoms with E-state index in [4.69, 9.17) is 16.0 Å². The lowest BCUT2D eigenvalue weighted by Gasteiger charge is -2.05. The van der Waals surface area contributed by atoms with Crippen molar-refractivity contribution in [2.75, 3.05) is 5.32 Å². The minimum absolute atomic E-state index is 0.169. The maximum absolute atomic E-state index is 12.2. The number of rotatable bonds is 2. The van der Waals surface area contributed by atoms with Crippen LogP contribution in [0.25, 0.3) is 0 Å². The van der Waals surface area contributed by atoms with Gasteiger partial charge < -0.3 is 9.73 Å². The van der Waals surface area contributed by atoms with Gasteiger partial charge in [0, 0.05) is 10.7 Å². The molecule has 1 aliphatic heterocycles. The average Bonchev–Trinajstić information content (AvgIpc) is 2.94. The number of anilines is 1. The average molecular weight is 262 g/mol. The number of halogens is 1. The smallest absolute Gasteiger partial charge is 0.240 e. The number of nitrogens with one attached hydrogen (secondary N) is 1. The highest BCUT2D eigenvalue weighted by Gasteiger charge is 2.38. The van der Waals surface area contributed by atoms with E-state index in [-0.39, 0.29) is 17.5 Å². The highest BCUT2D eigenvalue weighted by atomic mass is 35.5. The molecule has 90 valence electrons. The number of carbonyl (C=O) groups is 2. The number of benzene rings is 1. The van der Waals surface area contributed by atoms with Gasteiger partial charge in [0.25, 0.3) is 0 Å². The molecule has 4 nitrogen and oxygen atoms in total. The largest absolute Gasteiger partial charge is 0.461 e. The van der Waals surface area contributed by atoms with Crippen molar-refractivity contribution in [1.82, 2.24) is 0 Å². The molecule has 0 saturated heterocycles. The van der Waals surface area contributed by atoms with Gasteiger partial charge in [-0.1, -0.05) is 11.6 Å². The number of amides is 1. The lowest BCUT2D eigenvalue weighted by atomic mass is 9.95. The van der Waals surface area contributed by atoms with E-state index in [1.54, 1.807) is 24.3 Å². The van der Waals surface area contributed by atoms with Gasteiger partial charge in [0.05, 0.1) is 6.26 Å². The Labute approximate surface area is 108 Å². The summed E-state index contributed by atoms with van der Waals surface area (Å²) in [5, 5.41) is 3.15. The van der Waals surface area contributed by atoms with Crippen LogP contribution in [-0.2, 0) is 4.79 Å². The Kier molecular flexibility index (Phi) is 2.45. The van der Waals surface area contributed by atoms with E-state index in [0.29, 0.717) is 16.3 Å². The van der Waals surface area contributed by atoms with Gasteiger partial charge in [-0.05, 0) is 35.9 Å². The molecular formula is C13H8ClNO3. The molecule has 2 heterocycles. The second-order valence-electron chi connectivity index (χ2n) is 4.00. The van der Waals surface area contributed by atoms with Crippen LogP contribution in [0.5, 0.6) is 0 Å². The second kappa shape index (κ2) is 3.99. The summed E-state index contributed by atoms with van der Waals surface area (Å²) in [5.74, 6) is -1.43. The molecule has 0 aliphatic carbocycles. The van der Waals surface area contributed by atoms with Gasteiger partial charge in [-0.3, -0.25) is 9.59 Å². The standard InChI is InChI=1S/C13H8ClNO3/c14-7-3-4-9-8(6-7)11(13(17)15-9)12(16)10-2-1-5-18-10/h1-6,11H,(H,15,17). The van der Waals surface area contributed by atoms with Crippen LogP contribution in [0.2, 0.25) is 5.02 Å². The molecule has 0 bridgehead atoms. The van der Waals surface area contributed by atoms with Crippen LogP contribution < -0.4 is 5.32 Å². The number of carbonyl (C=O) groups excluding carboxylic acids is 2. The van der Waals surface area contributed by atoms with E-state index in [0.717, 1.165) is 0 Å². The molecular weight excluding hydrogens is 254 g/mol. The Morgan fingerprint density at radius 1 is 1.33 bits per heavy atom. The predicted octanol–water partition coefficient (Wildman–Crippen LogP) is 2.85. The zero-order valence-corrected chi connectivity index (χ0v) is 9.90. The van der Waals surface area contributed by atoms with Crippen molar-refractivity contribution >= 4 is 29.0 Å². The third kappa shape index (κ3) is 1.62. The molecule has 0 radical (unpaired) electrons. The minimum Gasteiger partial charge on any atom is -0.461 e. The van der Waals surface area contributed by atoms with Crippen molar-refractivity contribution in [1.29, 1.82) is 0 Å². The molecule has 1 amide bonds. The van der Waals surface area contributed by atoms with Gasteiger partial charge in [0.1, 0.15) is 5.92 Å². The summed E-state index contributed by atoms with van der Waals surface area (Å²) in [7, 11) is 0. The van der Waals surface area contributed by atoms with E-state index in [9.17, 15) is 9.59 Å². The Balaban J connectivity index is 2.06. The van der Waals surface area contributed by atoms with Crippen molar-refractivity contribution in [3.63, 3.8) is 0 Å². The van der Waals surface area contributed by atoms with Crippen molar-refractivity contribution in [3.8, 4) is 0 Å². The number of fused-ring (bicyclic) bond motifs is 1. The van der Waals surface area contributed by atoms with E-state index in [2.05, 4.69) is 5.32 Å². The summed E-state index contributed by atoms with van der Waals surface area (Å²) in [6.45, 7) is 0. The molecule has 1 aromatic heterocycles. The topological polar surface area (TPSA) is 59.3 Å². The molecule has 1 aliphatic rings. The molecule has 5 heteroatoms. The highest BCUT2D eigenvalue weighted by molar-refractivity contribution is 6.31. The summed E-state index contributed by atoms with van der Waals surface area (Å²) in [6, 6.07) is 8.13. The molecule has 1 aromatic carbocycles. The highest BCUT2D eigenvalue weighted by Crippen LogP contribution is 2.36. The fourth-order valence-electron chi connectivity index (χ4n) is 2.05. The second-order valence-corrected chi connectivity index (χ2v) is 4.43. The lowest BCUT2D eigenvalue weighted by molar-refractivity contribution is -0.116. The number of hydrogen-bond donors (Lipinski definition) is 1. The zero-order chi connectivity index (χ0) is 12.7. The number of ketones is 1. The van der Waals surface area contributed by atoms with Gasteiger partial charge in [-0.2, -0.15) is 0 Å². The van der Waals surface area contributed by atoms with Gasteiger partial charge in [0.2, 0.25) is 11.7 Å². The third-order valence-corrected chi connectivity index (χ3v) is 3.11. The Bertz CT molecular complexity index is 634. The molecule has 3 rings (SSSR count). The third-order valence-electron chi connectivity index (χ3n) is 2.87. The monoisotopic (exact) mass is 261 g/mol. The van der Waals surface area contributed by atoms with Gasteiger partial charge >= 0.3 is 0 Å². The number of hydrogen-bond acceptors (Lipinski definition) is 3. The van der Waals surface area contributed by atoms with Crippen LogP contribution >= 0.6 is 11.6 Å².